The van der Waals surface area contributed by atoms with E-state index in [4.69, 9.17) is 5.73 Å². The Morgan fingerprint density at radius 3 is 2.76 bits per heavy atom. The number of hydrogen-bond acceptors (Lipinski definition) is 3. The molecule has 2 aromatic rings. The number of nitrogens with two attached hydrogens (primary N) is 1. The second kappa shape index (κ2) is 4.89. The first kappa shape index (κ1) is 12.1. The first-order valence-corrected chi connectivity index (χ1v) is 6.65. The largest absolute Gasteiger partial charge is 0.399 e. The number of halogens is 1. The fourth-order valence-electron chi connectivity index (χ4n) is 1.39. The molecule has 88 valence electrons. The van der Waals surface area contributed by atoms with E-state index < -0.39 is 0 Å². The van der Waals surface area contributed by atoms with Crippen LogP contribution in [0.1, 0.15) is 15.9 Å². The smallest absolute Gasteiger partial charge is 0.256 e. The minimum Gasteiger partial charge on any atom is -0.399 e. The lowest BCUT2D eigenvalue weighted by Gasteiger charge is -2.06. The maximum Gasteiger partial charge on any atom is 0.256 e. The molecule has 0 aliphatic rings. The molecule has 1 aromatic carbocycles. The molecule has 0 radical (unpaired) electrons. The first-order valence-electron chi connectivity index (χ1n) is 4.98. The summed E-state index contributed by atoms with van der Waals surface area (Å²) in [5.74, 6) is -0.115. The van der Waals surface area contributed by atoms with Crippen LogP contribution in [0.4, 0.5) is 11.4 Å². The molecule has 2 rings (SSSR count). The molecule has 0 aliphatic carbocycles. The van der Waals surface area contributed by atoms with Crippen LogP contribution in [0.5, 0.6) is 0 Å². The molecule has 17 heavy (non-hydrogen) atoms. The molecule has 0 bridgehead atoms. The van der Waals surface area contributed by atoms with E-state index in [0.717, 1.165) is 20.7 Å². The van der Waals surface area contributed by atoms with E-state index in [1.165, 1.54) is 11.3 Å². The molecule has 3 N–H and O–H groups in total. The Labute approximate surface area is 112 Å². The van der Waals surface area contributed by atoms with Gasteiger partial charge in [-0.2, -0.15) is 0 Å². The Balaban J connectivity index is 2.15. The van der Waals surface area contributed by atoms with Crippen molar-refractivity contribution >= 4 is 44.5 Å². The monoisotopic (exact) mass is 310 g/mol. The standard InChI is InChI=1S/C12H11BrN2OS/c1-7-4-9(2-3-10(7)14)15-12(16)8-5-11(13)17-6-8/h2-6H,14H2,1H3,(H,15,16). The van der Waals surface area contributed by atoms with Gasteiger partial charge < -0.3 is 11.1 Å². The van der Waals surface area contributed by atoms with E-state index in [1.807, 2.05) is 18.4 Å². The Hall–Kier alpha value is -1.33. The van der Waals surface area contributed by atoms with Crippen LogP contribution in [0, 0.1) is 6.92 Å². The fourth-order valence-corrected chi connectivity index (χ4v) is 2.52. The van der Waals surface area contributed by atoms with Crippen molar-refractivity contribution in [3.8, 4) is 0 Å². The van der Waals surface area contributed by atoms with Crippen molar-refractivity contribution in [3.05, 3.63) is 44.6 Å². The second-order valence-electron chi connectivity index (χ2n) is 3.66. The average molecular weight is 311 g/mol. The van der Waals surface area contributed by atoms with E-state index in [9.17, 15) is 4.79 Å². The summed E-state index contributed by atoms with van der Waals surface area (Å²) < 4.78 is 0.941. The van der Waals surface area contributed by atoms with Crippen LogP contribution in [0.3, 0.4) is 0 Å². The van der Waals surface area contributed by atoms with Gasteiger partial charge in [-0.25, -0.2) is 0 Å². The zero-order chi connectivity index (χ0) is 12.4. The van der Waals surface area contributed by atoms with Crippen molar-refractivity contribution in [2.24, 2.45) is 0 Å². The van der Waals surface area contributed by atoms with Crippen molar-refractivity contribution in [2.45, 2.75) is 6.92 Å². The predicted molar refractivity (Wildman–Crippen MR) is 75.6 cm³/mol. The SMILES string of the molecule is Cc1cc(NC(=O)c2csc(Br)c2)ccc1N. The van der Waals surface area contributed by atoms with Crippen LogP contribution >= 0.6 is 27.3 Å². The lowest BCUT2D eigenvalue weighted by atomic mass is 10.2. The number of anilines is 2. The third-order valence-electron chi connectivity index (χ3n) is 2.36. The molecule has 1 aromatic heterocycles. The highest BCUT2D eigenvalue weighted by Crippen LogP contribution is 2.22. The number of carbonyl (C=O) groups excluding carboxylic acids is 1. The molecule has 0 spiro atoms. The van der Waals surface area contributed by atoms with Gasteiger partial charge in [0.1, 0.15) is 0 Å². The maximum atomic E-state index is 11.9. The van der Waals surface area contributed by atoms with E-state index in [0.29, 0.717) is 5.56 Å². The summed E-state index contributed by atoms with van der Waals surface area (Å²) in [5, 5.41) is 4.64. The molecule has 1 amide bonds. The van der Waals surface area contributed by atoms with Crippen molar-refractivity contribution in [3.63, 3.8) is 0 Å². The van der Waals surface area contributed by atoms with Gasteiger partial charge in [0.2, 0.25) is 0 Å². The van der Waals surface area contributed by atoms with Gasteiger partial charge in [0, 0.05) is 16.8 Å². The minimum absolute atomic E-state index is 0.115. The lowest BCUT2D eigenvalue weighted by Crippen LogP contribution is -2.11. The summed E-state index contributed by atoms with van der Waals surface area (Å²) in [6.45, 7) is 1.91. The molecular formula is C12H11BrN2OS. The van der Waals surface area contributed by atoms with E-state index in [2.05, 4.69) is 21.2 Å². The molecule has 0 aliphatic heterocycles. The lowest BCUT2D eigenvalue weighted by molar-refractivity contribution is 0.102. The van der Waals surface area contributed by atoms with Gasteiger partial charge in [-0.3, -0.25) is 4.79 Å². The molecular weight excluding hydrogens is 300 g/mol. The Kier molecular flexibility index (Phi) is 3.49. The minimum atomic E-state index is -0.115. The number of benzene rings is 1. The number of thiophene rings is 1. The normalized spacial score (nSPS) is 10.2. The summed E-state index contributed by atoms with van der Waals surface area (Å²) in [5.41, 5.74) is 8.80. The van der Waals surface area contributed by atoms with E-state index in [1.54, 1.807) is 18.2 Å². The molecule has 0 atom stereocenters. The molecule has 0 unspecified atom stereocenters. The predicted octanol–water partition coefficient (Wildman–Crippen LogP) is 3.65. The maximum absolute atomic E-state index is 11.9. The van der Waals surface area contributed by atoms with Crippen LogP contribution in [0.2, 0.25) is 0 Å². The summed E-state index contributed by atoms with van der Waals surface area (Å²) in [4.78, 5) is 11.9. The first-order chi connectivity index (χ1) is 8.06. The molecule has 0 fully saturated rings. The molecule has 0 saturated carbocycles. The van der Waals surface area contributed by atoms with Crippen molar-refractivity contribution in [2.75, 3.05) is 11.1 Å². The topological polar surface area (TPSA) is 55.1 Å². The highest BCUT2D eigenvalue weighted by molar-refractivity contribution is 9.11. The summed E-state index contributed by atoms with van der Waals surface area (Å²) in [6.07, 6.45) is 0. The summed E-state index contributed by atoms with van der Waals surface area (Å²) >= 11 is 4.81. The van der Waals surface area contributed by atoms with Crippen LogP contribution in [0.15, 0.2) is 33.4 Å². The van der Waals surface area contributed by atoms with Gasteiger partial charge in [-0.1, -0.05) is 0 Å². The summed E-state index contributed by atoms with van der Waals surface area (Å²) in [7, 11) is 0. The molecule has 5 heteroatoms. The summed E-state index contributed by atoms with van der Waals surface area (Å²) in [6, 6.07) is 7.23. The van der Waals surface area contributed by atoms with Gasteiger partial charge in [-0.15, -0.1) is 11.3 Å². The van der Waals surface area contributed by atoms with Crippen LogP contribution < -0.4 is 11.1 Å². The third-order valence-corrected chi connectivity index (χ3v) is 3.86. The van der Waals surface area contributed by atoms with Gasteiger partial charge >= 0.3 is 0 Å². The van der Waals surface area contributed by atoms with Gasteiger partial charge in [-0.05, 0) is 52.7 Å². The number of amides is 1. The van der Waals surface area contributed by atoms with E-state index in [-0.39, 0.29) is 5.91 Å². The van der Waals surface area contributed by atoms with Crippen molar-refractivity contribution in [1.82, 2.24) is 0 Å². The highest BCUT2D eigenvalue weighted by atomic mass is 79.9. The van der Waals surface area contributed by atoms with Gasteiger partial charge in [0.25, 0.3) is 5.91 Å². The number of aryl methyl sites for hydroxylation is 1. The number of nitrogens with one attached hydrogen (secondary N) is 1. The number of nitrogen functional groups attached to an aromatic ring is 1. The zero-order valence-corrected chi connectivity index (χ0v) is 11.6. The third kappa shape index (κ3) is 2.87. The quantitative estimate of drug-likeness (QED) is 0.832. The average Bonchev–Trinajstić information content (AvgIpc) is 2.70. The molecule has 0 saturated heterocycles. The van der Waals surface area contributed by atoms with Crippen LogP contribution in [0.25, 0.3) is 0 Å². The van der Waals surface area contributed by atoms with Gasteiger partial charge in [0.15, 0.2) is 0 Å². The number of rotatable bonds is 2. The van der Waals surface area contributed by atoms with Crippen molar-refractivity contribution in [1.29, 1.82) is 0 Å². The second-order valence-corrected chi connectivity index (χ2v) is 5.96. The number of hydrogen-bond donors (Lipinski definition) is 2. The zero-order valence-electron chi connectivity index (χ0n) is 9.16. The van der Waals surface area contributed by atoms with Gasteiger partial charge in [0.05, 0.1) is 9.35 Å². The fraction of sp³-hybridized carbons (Fsp3) is 0.0833. The van der Waals surface area contributed by atoms with Crippen LogP contribution in [-0.2, 0) is 0 Å². The molecule has 1 heterocycles. The Morgan fingerprint density at radius 2 is 2.18 bits per heavy atom. The molecule has 3 nitrogen and oxygen atoms in total. The Morgan fingerprint density at radius 1 is 1.41 bits per heavy atom. The highest BCUT2D eigenvalue weighted by Gasteiger charge is 2.08. The number of carbonyl (C=O) groups is 1. The van der Waals surface area contributed by atoms with Crippen molar-refractivity contribution < 1.29 is 4.79 Å². The van der Waals surface area contributed by atoms with Crippen LogP contribution in [-0.4, -0.2) is 5.91 Å². The Bertz CT molecular complexity index is 565. The van der Waals surface area contributed by atoms with E-state index >= 15 is 0 Å².